The molecule has 3 nitrogen and oxygen atoms in total. The van der Waals surface area contributed by atoms with Gasteiger partial charge >= 0.3 is 0 Å². The van der Waals surface area contributed by atoms with Gasteiger partial charge in [-0.25, -0.2) is 0 Å². The van der Waals surface area contributed by atoms with Gasteiger partial charge in [0.15, 0.2) is 0 Å². The van der Waals surface area contributed by atoms with Crippen molar-refractivity contribution in [2.24, 2.45) is 0 Å². The van der Waals surface area contributed by atoms with Gasteiger partial charge in [0.1, 0.15) is 0 Å². The number of aryl methyl sites for hydroxylation is 1. The first-order valence-corrected chi connectivity index (χ1v) is 6.25. The third kappa shape index (κ3) is 3.56. The zero-order valence-electron chi connectivity index (χ0n) is 10.5. The van der Waals surface area contributed by atoms with Gasteiger partial charge in [0.05, 0.1) is 12.6 Å². The third-order valence-electron chi connectivity index (χ3n) is 3.16. The van der Waals surface area contributed by atoms with Crippen molar-refractivity contribution in [3.8, 4) is 0 Å². The maximum absolute atomic E-state index is 11.7. The number of hydrogen-bond acceptors (Lipinski definition) is 2. The molecule has 1 amide bonds. The summed E-state index contributed by atoms with van der Waals surface area (Å²) < 4.78 is 0. The minimum absolute atomic E-state index is 0.0738. The molecule has 1 aliphatic carbocycles. The maximum atomic E-state index is 11.7. The van der Waals surface area contributed by atoms with Gasteiger partial charge in [-0.1, -0.05) is 24.3 Å². The molecular formula is C14H20N2O. The topological polar surface area (TPSA) is 41.1 Å². The number of benzene rings is 1. The normalized spacial score (nSPS) is 16.6. The fourth-order valence-electron chi connectivity index (χ4n) is 1.97. The first-order valence-electron chi connectivity index (χ1n) is 6.25. The monoisotopic (exact) mass is 232 g/mol. The lowest BCUT2D eigenvalue weighted by Crippen LogP contribution is -2.36. The van der Waals surface area contributed by atoms with E-state index in [1.807, 2.05) is 19.1 Å². The highest BCUT2D eigenvalue weighted by molar-refractivity contribution is 5.78. The van der Waals surface area contributed by atoms with Gasteiger partial charge in [0.25, 0.3) is 0 Å². The standard InChI is InChI=1S/C14H20N2O/c1-10-5-3-4-6-13(10)11(2)16-14(17)9-15-12-7-8-12/h3-6,11-12,15H,7-9H2,1-2H3,(H,16,17)/t11-/m0/s1. The summed E-state index contributed by atoms with van der Waals surface area (Å²) in [7, 11) is 0. The van der Waals surface area contributed by atoms with Crippen LogP contribution in [-0.2, 0) is 4.79 Å². The number of carbonyl (C=O) groups is 1. The Morgan fingerprint density at radius 1 is 1.41 bits per heavy atom. The van der Waals surface area contributed by atoms with Crippen molar-refractivity contribution in [1.29, 1.82) is 0 Å². The molecule has 0 saturated heterocycles. The molecule has 0 aliphatic heterocycles. The molecule has 1 fully saturated rings. The maximum Gasteiger partial charge on any atom is 0.234 e. The molecule has 3 heteroatoms. The van der Waals surface area contributed by atoms with Crippen molar-refractivity contribution in [1.82, 2.24) is 10.6 Å². The number of nitrogens with one attached hydrogen (secondary N) is 2. The highest BCUT2D eigenvalue weighted by Gasteiger charge is 2.21. The molecule has 2 N–H and O–H groups in total. The molecule has 0 unspecified atom stereocenters. The lowest BCUT2D eigenvalue weighted by Gasteiger charge is -2.16. The molecule has 1 atom stereocenters. The Balaban J connectivity index is 1.85. The van der Waals surface area contributed by atoms with Crippen LogP contribution in [-0.4, -0.2) is 18.5 Å². The molecule has 1 aliphatic rings. The minimum atomic E-state index is 0.0738. The van der Waals surface area contributed by atoms with Crippen LogP contribution in [0.1, 0.15) is 36.9 Å². The Bertz CT molecular complexity index is 399. The second-order valence-electron chi connectivity index (χ2n) is 4.80. The summed E-state index contributed by atoms with van der Waals surface area (Å²) in [6.07, 6.45) is 2.42. The first kappa shape index (κ1) is 12.1. The number of hydrogen-bond donors (Lipinski definition) is 2. The van der Waals surface area contributed by atoms with Gasteiger partial charge in [-0.3, -0.25) is 4.79 Å². The molecule has 1 saturated carbocycles. The quantitative estimate of drug-likeness (QED) is 0.814. The summed E-state index contributed by atoms with van der Waals surface area (Å²) in [4.78, 5) is 11.7. The lowest BCUT2D eigenvalue weighted by atomic mass is 10.0. The largest absolute Gasteiger partial charge is 0.348 e. The Morgan fingerprint density at radius 3 is 2.76 bits per heavy atom. The van der Waals surface area contributed by atoms with Crippen LogP contribution >= 0.6 is 0 Å². The lowest BCUT2D eigenvalue weighted by molar-refractivity contribution is -0.120. The van der Waals surface area contributed by atoms with Crippen LogP contribution in [0.15, 0.2) is 24.3 Å². The molecule has 0 aromatic heterocycles. The van der Waals surface area contributed by atoms with Gasteiger partial charge in [0.2, 0.25) is 5.91 Å². The van der Waals surface area contributed by atoms with E-state index in [4.69, 9.17) is 0 Å². The summed E-state index contributed by atoms with van der Waals surface area (Å²) in [5, 5.41) is 6.23. The number of rotatable bonds is 5. The Kier molecular flexibility index (Phi) is 3.79. The molecule has 0 heterocycles. The third-order valence-corrected chi connectivity index (χ3v) is 3.16. The summed E-state index contributed by atoms with van der Waals surface area (Å²) >= 11 is 0. The zero-order valence-corrected chi connectivity index (χ0v) is 10.5. The second kappa shape index (κ2) is 5.32. The van der Waals surface area contributed by atoms with Crippen molar-refractivity contribution in [3.63, 3.8) is 0 Å². The van der Waals surface area contributed by atoms with Crippen molar-refractivity contribution in [2.45, 2.75) is 38.8 Å². The minimum Gasteiger partial charge on any atom is -0.348 e. The molecule has 1 aromatic carbocycles. The average molecular weight is 232 g/mol. The van der Waals surface area contributed by atoms with Crippen molar-refractivity contribution >= 4 is 5.91 Å². The van der Waals surface area contributed by atoms with Crippen molar-refractivity contribution < 1.29 is 4.79 Å². The molecular weight excluding hydrogens is 212 g/mol. The molecule has 2 rings (SSSR count). The molecule has 0 spiro atoms. The molecule has 92 valence electrons. The van der Waals surface area contributed by atoms with E-state index in [0.29, 0.717) is 12.6 Å². The van der Waals surface area contributed by atoms with E-state index >= 15 is 0 Å². The summed E-state index contributed by atoms with van der Waals surface area (Å²) in [5.41, 5.74) is 2.41. The van der Waals surface area contributed by atoms with Crippen LogP contribution in [0.4, 0.5) is 0 Å². The van der Waals surface area contributed by atoms with Crippen molar-refractivity contribution in [2.75, 3.05) is 6.54 Å². The van der Waals surface area contributed by atoms with Crippen LogP contribution in [0, 0.1) is 6.92 Å². The van der Waals surface area contributed by atoms with E-state index in [2.05, 4.69) is 29.7 Å². The van der Waals surface area contributed by atoms with Gasteiger partial charge in [-0.15, -0.1) is 0 Å². The highest BCUT2D eigenvalue weighted by atomic mass is 16.1. The molecule has 0 bridgehead atoms. The first-order chi connectivity index (χ1) is 8.16. The molecule has 1 aromatic rings. The van der Waals surface area contributed by atoms with Crippen molar-refractivity contribution in [3.05, 3.63) is 35.4 Å². The SMILES string of the molecule is Cc1ccccc1[C@H](C)NC(=O)CNC1CC1. The van der Waals surface area contributed by atoms with Crippen LogP contribution < -0.4 is 10.6 Å². The Hall–Kier alpha value is -1.35. The molecule has 17 heavy (non-hydrogen) atoms. The predicted octanol–water partition coefficient (Wildman–Crippen LogP) is 1.92. The number of amides is 1. The fourth-order valence-corrected chi connectivity index (χ4v) is 1.97. The fraction of sp³-hybridized carbons (Fsp3) is 0.500. The second-order valence-corrected chi connectivity index (χ2v) is 4.80. The van der Waals surface area contributed by atoms with E-state index < -0.39 is 0 Å². The highest BCUT2D eigenvalue weighted by Crippen LogP contribution is 2.18. The van der Waals surface area contributed by atoms with E-state index in [-0.39, 0.29) is 11.9 Å². The summed E-state index contributed by atoms with van der Waals surface area (Å²) in [6.45, 7) is 4.53. The van der Waals surface area contributed by atoms with Gasteiger partial charge < -0.3 is 10.6 Å². The van der Waals surface area contributed by atoms with Gasteiger partial charge in [0, 0.05) is 6.04 Å². The van der Waals surface area contributed by atoms with Crippen LogP contribution in [0.3, 0.4) is 0 Å². The van der Waals surface area contributed by atoms with Crippen LogP contribution in [0.5, 0.6) is 0 Å². The van der Waals surface area contributed by atoms with E-state index in [0.717, 1.165) is 0 Å². The van der Waals surface area contributed by atoms with Gasteiger partial charge in [-0.2, -0.15) is 0 Å². The molecule has 0 radical (unpaired) electrons. The van der Waals surface area contributed by atoms with Gasteiger partial charge in [-0.05, 0) is 37.8 Å². The zero-order chi connectivity index (χ0) is 12.3. The number of carbonyl (C=O) groups excluding carboxylic acids is 1. The average Bonchev–Trinajstić information content (AvgIpc) is 3.10. The smallest absolute Gasteiger partial charge is 0.234 e. The van der Waals surface area contributed by atoms with E-state index in [1.165, 1.54) is 24.0 Å². The van der Waals surface area contributed by atoms with E-state index in [1.54, 1.807) is 0 Å². The Labute approximate surface area is 103 Å². The summed E-state index contributed by atoms with van der Waals surface area (Å²) in [6, 6.07) is 8.81. The van der Waals surface area contributed by atoms with Crippen LogP contribution in [0.25, 0.3) is 0 Å². The Morgan fingerprint density at radius 2 is 2.12 bits per heavy atom. The summed E-state index contributed by atoms with van der Waals surface area (Å²) in [5.74, 6) is 0.0765. The van der Waals surface area contributed by atoms with E-state index in [9.17, 15) is 4.79 Å². The predicted molar refractivity (Wildman–Crippen MR) is 68.8 cm³/mol. The van der Waals surface area contributed by atoms with Crippen LogP contribution in [0.2, 0.25) is 0 Å².